The van der Waals surface area contributed by atoms with Crippen LogP contribution in [0.4, 0.5) is 0 Å². The number of benzene rings is 1. The normalized spacial score (nSPS) is 12.4. The summed E-state index contributed by atoms with van der Waals surface area (Å²) in [7, 11) is 0. The summed E-state index contributed by atoms with van der Waals surface area (Å²) in [5, 5.41) is 10.1. The molecule has 1 aromatic carbocycles. The fourth-order valence-corrected chi connectivity index (χ4v) is 2.09. The van der Waals surface area contributed by atoms with Gasteiger partial charge in [-0.2, -0.15) is 5.26 Å². The third kappa shape index (κ3) is 1.81. The van der Waals surface area contributed by atoms with Gasteiger partial charge in [-0.1, -0.05) is 11.6 Å². The number of fused-ring (bicyclic) bond motifs is 1. The summed E-state index contributed by atoms with van der Waals surface area (Å²) in [5.41, 5.74) is 1.32. The summed E-state index contributed by atoms with van der Waals surface area (Å²) in [6.45, 7) is 3.40. The third-order valence-corrected chi connectivity index (χ3v) is 3.37. The van der Waals surface area contributed by atoms with Crippen molar-refractivity contribution in [3.8, 4) is 6.07 Å². The number of carbonyl (C=O) groups excluding carboxylic acids is 1. The van der Waals surface area contributed by atoms with E-state index in [-0.39, 0.29) is 11.8 Å². The zero-order valence-electron chi connectivity index (χ0n) is 9.57. The van der Waals surface area contributed by atoms with Crippen molar-refractivity contribution in [2.75, 3.05) is 0 Å². The molecular formula is C13H11ClN2O. The molecule has 0 spiro atoms. The van der Waals surface area contributed by atoms with E-state index in [1.807, 2.05) is 35.9 Å². The molecule has 3 nitrogen and oxygen atoms in total. The Kier molecular flexibility index (Phi) is 2.91. The number of Topliss-reactive ketones (excluding diaryl/α,β-unsaturated/α-hetero) is 1. The van der Waals surface area contributed by atoms with Crippen molar-refractivity contribution >= 4 is 28.3 Å². The SMILES string of the molecule is CC(=O)C(C)n1ccc2c(Cl)c(C#N)ccc21. The molecule has 1 atom stereocenters. The maximum absolute atomic E-state index is 11.4. The number of hydrogen-bond acceptors (Lipinski definition) is 2. The molecule has 2 aromatic rings. The van der Waals surface area contributed by atoms with Gasteiger partial charge in [0.15, 0.2) is 5.78 Å². The average Bonchev–Trinajstić information content (AvgIpc) is 2.73. The molecule has 0 saturated carbocycles. The van der Waals surface area contributed by atoms with E-state index in [4.69, 9.17) is 16.9 Å². The molecule has 2 rings (SSSR count). The summed E-state index contributed by atoms with van der Waals surface area (Å²) in [5.74, 6) is 0.0861. The van der Waals surface area contributed by atoms with Crippen LogP contribution in [-0.2, 0) is 4.79 Å². The summed E-state index contributed by atoms with van der Waals surface area (Å²) < 4.78 is 1.87. The zero-order valence-corrected chi connectivity index (χ0v) is 10.3. The Bertz CT molecular complexity index is 637. The van der Waals surface area contributed by atoms with Crippen LogP contribution in [0.5, 0.6) is 0 Å². The van der Waals surface area contributed by atoms with Crippen LogP contribution >= 0.6 is 11.6 Å². The lowest BCUT2D eigenvalue weighted by Gasteiger charge is -2.11. The number of nitrogens with zero attached hydrogens (tertiary/aromatic N) is 2. The van der Waals surface area contributed by atoms with Crippen LogP contribution in [0.1, 0.15) is 25.5 Å². The molecule has 1 aromatic heterocycles. The average molecular weight is 247 g/mol. The van der Waals surface area contributed by atoms with Gasteiger partial charge in [-0.15, -0.1) is 0 Å². The predicted octanol–water partition coefficient (Wildman–Crippen LogP) is 3.32. The molecule has 1 heterocycles. The van der Waals surface area contributed by atoms with Crippen LogP contribution in [-0.4, -0.2) is 10.4 Å². The van der Waals surface area contributed by atoms with E-state index in [0.717, 1.165) is 10.9 Å². The first-order valence-electron chi connectivity index (χ1n) is 5.26. The van der Waals surface area contributed by atoms with Crippen LogP contribution in [0, 0.1) is 11.3 Å². The second-order valence-corrected chi connectivity index (χ2v) is 4.36. The molecule has 86 valence electrons. The number of carbonyl (C=O) groups is 1. The highest BCUT2D eigenvalue weighted by Gasteiger charge is 2.14. The standard InChI is InChI=1S/C13H11ClN2O/c1-8(9(2)17)16-6-5-11-12(16)4-3-10(7-15)13(11)14/h3-6,8H,1-2H3. The Balaban J connectivity index is 2.68. The first-order valence-corrected chi connectivity index (χ1v) is 5.63. The van der Waals surface area contributed by atoms with E-state index >= 15 is 0 Å². The van der Waals surface area contributed by atoms with Crippen molar-refractivity contribution in [1.29, 1.82) is 5.26 Å². The van der Waals surface area contributed by atoms with Gasteiger partial charge in [0.2, 0.25) is 0 Å². The second-order valence-electron chi connectivity index (χ2n) is 3.98. The van der Waals surface area contributed by atoms with E-state index in [1.54, 1.807) is 13.0 Å². The van der Waals surface area contributed by atoms with Crippen LogP contribution in [0.25, 0.3) is 10.9 Å². The number of aromatic nitrogens is 1. The van der Waals surface area contributed by atoms with Gasteiger partial charge in [-0.05, 0) is 32.0 Å². The van der Waals surface area contributed by atoms with Gasteiger partial charge in [0.05, 0.1) is 22.1 Å². The summed E-state index contributed by atoms with van der Waals surface area (Å²) >= 11 is 6.12. The van der Waals surface area contributed by atoms with E-state index < -0.39 is 0 Å². The lowest BCUT2D eigenvalue weighted by molar-refractivity contribution is -0.119. The van der Waals surface area contributed by atoms with Gasteiger partial charge in [0.1, 0.15) is 6.07 Å². The lowest BCUT2D eigenvalue weighted by atomic mass is 10.1. The van der Waals surface area contributed by atoms with E-state index in [1.165, 1.54) is 0 Å². The van der Waals surface area contributed by atoms with Gasteiger partial charge < -0.3 is 4.57 Å². The monoisotopic (exact) mass is 246 g/mol. The number of halogens is 1. The minimum absolute atomic E-state index is 0.0861. The minimum Gasteiger partial charge on any atom is -0.337 e. The molecule has 0 amide bonds. The summed E-state index contributed by atoms with van der Waals surface area (Å²) in [4.78, 5) is 11.4. The van der Waals surface area contributed by atoms with Crippen molar-refractivity contribution < 1.29 is 4.79 Å². The lowest BCUT2D eigenvalue weighted by Crippen LogP contribution is -2.11. The zero-order chi connectivity index (χ0) is 12.6. The molecule has 4 heteroatoms. The molecule has 0 aliphatic carbocycles. The van der Waals surface area contributed by atoms with Crippen LogP contribution in [0.2, 0.25) is 5.02 Å². The Morgan fingerprint density at radius 3 is 2.76 bits per heavy atom. The molecule has 0 bridgehead atoms. The largest absolute Gasteiger partial charge is 0.337 e. The van der Waals surface area contributed by atoms with Gasteiger partial charge in [-0.3, -0.25) is 4.79 Å². The highest BCUT2D eigenvalue weighted by atomic mass is 35.5. The first-order chi connectivity index (χ1) is 8.06. The number of nitriles is 1. The smallest absolute Gasteiger partial charge is 0.152 e. The number of hydrogen-bond donors (Lipinski definition) is 0. The van der Waals surface area contributed by atoms with Gasteiger partial charge >= 0.3 is 0 Å². The van der Waals surface area contributed by atoms with E-state index in [2.05, 4.69) is 0 Å². The Hall–Kier alpha value is -1.79. The van der Waals surface area contributed by atoms with Crippen molar-refractivity contribution in [2.45, 2.75) is 19.9 Å². The van der Waals surface area contributed by atoms with Crippen molar-refractivity contribution in [3.05, 3.63) is 35.0 Å². The molecule has 0 aliphatic heterocycles. The third-order valence-electron chi connectivity index (χ3n) is 2.96. The van der Waals surface area contributed by atoms with Crippen LogP contribution in [0.15, 0.2) is 24.4 Å². The number of rotatable bonds is 2. The van der Waals surface area contributed by atoms with Crippen molar-refractivity contribution in [2.24, 2.45) is 0 Å². The predicted molar refractivity (Wildman–Crippen MR) is 67.1 cm³/mol. The van der Waals surface area contributed by atoms with Gasteiger partial charge in [0.25, 0.3) is 0 Å². The summed E-state index contributed by atoms with van der Waals surface area (Å²) in [6.07, 6.45) is 1.82. The highest BCUT2D eigenvalue weighted by molar-refractivity contribution is 6.36. The van der Waals surface area contributed by atoms with Gasteiger partial charge in [0, 0.05) is 11.6 Å². The van der Waals surface area contributed by atoms with Crippen LogP contribution < -0.4 is 0 Å². The Morgan fingerprint density at radius 2 is 2.18 bits per heavy atom. The van der Waals surface area contributed by atoms with Crippen LogP contribution in [0.3, 0.4) is 0 Å². The second kappa shape index (κ2) is 4.23. The fourth-order valence-electron chi connectivity index (χ4n) is 1.82. The molecule has 1 unspecified atom stereocenters. The van der Waals surface area contributed by atoms with Crippen molar-refractivity contribution in [3.63, 3.8) is 0 Å². The minimum atomic E-state index is -0.225. The molecule has 0 aliphatic rings. The molecule has 17 heavy (non-hydrogen) atoms. The van der Waals surface area contributed by atoms with Gasteiger partial charge in [-0.25, -0.2) is 0 Å². The Morgan fingerprint density at radius 1 is 1.47 bits per heavy atom. The Labute approximate surface area is 104 Å². The topological polar surface area (TPSA) is 45.8 Å². The number of ketones is 1. The fraction of sp³-hybridized carbons (Fsp3) is 0.231. The van der Waals surface area contributed by atoms with E-state index in [9.17, 15) is 4.79 Å². The highest BCUT2D eigenvalue weighted by Crippen LogP contribution is 2.29. The van der Waals surface area contributed by atoms with E-state index in [0.29, 0.717) is 10.6 Å². The maximum Gasteiger partial charge on any atom is 0.152 e. The van der Waals surface area contributed by atoms with Crippen molar-refractivity contribution in [1.82, 2.24) is 4.57 Å². The summed E-state index contributed by atoms with van der Waals surface area (Å²) in [6, 6.07) is 7.14. The molecule has 0 saturated heterocycles. The molecule has 0 N–H and O–H groups in total. The molecule has 0 fully saturated rings. The quantitative estimate of drug-likeness (QED) is 0.816. The maximum atomic E-state index is 11.4. The molecule has 0 radical (unpaired) electrons. The first kappa shape index (κ1) is 11.7. The molecular weight excluding hydrogens is 236 g/mol.